The molecule has 1 atom stereocenters. The molecule has 1 unspecified atom stereocenters. The van der Waals surface area contributed by atoms with Crippen LogP contribution in [0.3, 0.4) is 0 Å². The maximum Gasteiger partial charge on any atom is 0.336 e. The fraction of sp³-hybridized carbons (Fsp3) is 0.176. The molecule has 1 aliphatic rings. The van der Waals surface area contributed by atoms with Gasteiger partial charge in [-0.05, 0) is 29.8 Å². The van der Waals surface area contributed by atoms with Crippen molar-refractivity contribution in [1.29, 1.82) is 0 Å². The van der Waals surface area contributed by atoms with Crippen LogP contribution in [0, 0.1) is 0 Å². The van der Waals surface area contributed by atoms with Crippen LogP contribution in [-0.2, 0) is 0 Å². The molecule has 23 heavy (non-hydrogen) atoms. The Morgan fingerprint density at radius 3 is 2.39 bits per heavy atom. The minimum absolute atomic E-state index is 0.0317. The van der Waals surface area contributed by atoms with Crippen molar-refractivity contribution in [3.63, 3.8) is 0 Å². The number of carboxylic acids is 1. The molecule has 4 nitrogen and oxygen atoms in total. The number of thioether (sulfide) groups is 1. The molecule has 0 bridgehead atoms. The molecule has 0 saturated carbocycles. The van der Waals surface area contributed by atoms with E-state index < -0.39 is 5.97 Å². The Hall–Kier alpha value is -1.98. The largest absolute Gasteiger partial charge is 0.478 e. The first-order valence-corrected chi connectivity index (χ1v) is 8.51. The van der Waals surface area contributed by atoms with Crippen LogP contribution < -0.4 is 0 Å². The van der Waals surface area contributed by atoms with E-state index in [0.29, 0.717) is 11.6 Å². The summed E-state index contributed by atoms with van der Waals surface area (Å²) in [7, 11) is 0. The van der Waals surface area contributed by atoms with E-state index in [2.05, 4.69) is 0 Å². The van der Waals surface area contributed by atoms with Crippen molar-refractivity contribution in [3.05, 3.63) is 70.2 Å². The molecule has 2 aromatic rings. The first-order valence-electron chi connectivity index (χ1n) is 7.08. The molecule has 3 rings (SSSR count). The number of aromatic carboxylic acids is 1. The molecule has 1 amide bonds. The standard InChI is InChI=1S/C17H14ClNO3S/c18-12-7-5-11(6-8-12)16-19(9-10-23-16)15(20)13-3-1-2-4-14(13)17(21)22/h1-8,16H,9-10H2,(H,21,22). The second kappa shape index (κ2) is 6.64. The van der Waals surface area contributed by atoms with Crippen LogP contribution in [-0.4, -0.2) is 34.2 Å². The molecule has 1 saturated heterocycles. The summed E-state index contributed by atoms with van der Waals surface area (Å²) in [4.78, 5) is 25.9. The minimum Gasteiger partial charge on any atom is -0.478 e. The van der Waals surface area contributed by atoms with Crippen LogP contribution in [0.5, 0.6) is 0 Å². The molecule has 1 N–H and O–H groups in total. The number of carbonyl (C=O) groups excluding carboxylic acids is 1. The third-order valence-corrected chi connectivity index (χ3v) is 5.21. The average Bonchev–Trinajstić information content (AvgIpc) is 3.04. The molecule has 0 spiro atoms. The van der Waals surface area contributed by atoms with E-state index in [0.717, 1.165) is 11.3 Å². The molecule has 1 fully saturated rings. The number of rotatable bonds is 3. The lowest BCUT2D eigenvalue weighted by molar-refractivity contribution is 0.0676. The zero-order chi connectivity index (χ0) is 16.4. The van der Waals surface area contributed by atoms with Crippen LogP contribution in [0.2, 0.25) is 5.02 Å². The summed E-state index contributed by atoms with van der Waals surface area (Å²) in [5, 5.41) is 9.80. The van der Waals surface area contributed by atoms with Crippen molar-refractivity contribution >= 4 is 35.2 Å². The van der Waals surface area contributed by atoms with Crippen molar-refractivity contribution in [3.8, 4) is 0 Å². The van der Waals surface area contributed by atoms with Gasteiger partial charge < -0.3 is 10.0 Å². The van der Waals surface area contributed by atoms with E-state index in [9.17, 15) is 14.7 Å². The molecule has 0 aliphatic carbocycles. The first kappa shape index (κ1) is 15.9. The van der Waals surface area contributed by atoms with Gasteiger partial charge in [0.1, 0.15) is 5.37 Å². The van der Waals surface area contributed by atoms with Gasteiger partial charge in [-0.15, -0.1) is 11.8 Å². The van der Waals surface area contributed by atoms with E-state index >= 15 is 0 Å². The smallest absolute Gasteiger partial charge is 0.336 e. The fourth-order valence-electron chi connectivity index (χ4n) is 2.59. The third-order valence-electron chi connectivity index (χ3n) is 3.69. The molecule has 6 heteroatoms. The lowest BCUT2D eigenvalue weighted by Crippen LogP contribution is -2.31. The molecular formula is C17H14ClNO3S. The van der Waals surface area contributed by atoms with Crippen molar-refractivity contribution in [1.82, 2.24) is 4.90 Å². The van der Waals surface area contributed by atoms with Gasteiger partial charge in [-0.2, -0.15) is 0 Å². The Morgan fingerprint density at radius 2 is 1.74 bits per heavy atom. The highest BCUT2D eigenvalue weighted by Crippen LogP contribution is 2.39. The van der Waals surface area contributed by atoms with E-state index in [4.69, 9.17) is 11.6 Å². The maximum atomic E-state index is 12.8. The molecule has 0 radical (unpaired) electrons. The predicted molar refractivity (Wildman–Crippen MR) is 91.1 cm³/mol. The number of benzene rings is 2. The summed E-state index contributed by atoms with van der Waals surface area (Å²) < 4.78 is 0. The Bertz CT molecular complexity index is 748. The number of amides is 1. The number of halogens is 1. The van der Waals surface area contributed by atoms with Crippen molar-refractivity contribution in [2.75, 3.05) is 12.3 Å². The number of hydrogen-bond acceptors (Lipinski definition) is 3. The Balaban J connectivity index is 1.92. The van der Waals surface area contributed by atoms with Crippen molar-refractivity contribution in [2.45, 2.75) is 5.37 Å². The topological polar surface area (TPSA) is 57.6 Å². The van der Waals surface area contributed by atoms with Crippen LogP contribution in [0.1, 0.15) is 31.7 Å². The second-order valence-corrected chi connectivity index (χ2v) is 6.75. The third kappa shape index (κ3) is 3.21. The Labute approximate surface area is 143 Å². The summed E-state index contributed by atoms with van der Waals surface area (Å²) in [6, 6.07) is 13.7. The summed E-state index contributed by atoms with van der Waals surface area (Å²) in [5.74, 6) is -0.536. The van der Waals surface area contributed by atoms with E-state index in [1.54, 1.807) is 47.0 Å². The van der Waals surface area contributed by atoms with Crippen molar-refractivity contribution < 1.29 is 14.7 Å². The van der Waals surface area contributed by atoms with Crippen LogP contribution >= 0.6 is 23.4 Å². The number of carboxylic acid groups (broad SMARTS) is 1. The van der Waals surface area contributed by atoms with E-state index in [1.807, 2.05) is 12.1 Å². The van der Waals surface area contributed by atoms with Crippen LogP contribution in [0.25, 0.3) is 0 Å². The zero-order valence-corrected chi connectivity index (χ0v) is 13.7. The van der Waals surface area contributed by atoms with E-state index in [-0.39, 0.29) is 22.4 Å². The fourth-order valence-corrected chi connectivity index (χ4v) is 3.97. The lowest BCUT2D eigenvalue weighted by Gasteiger charge is -2.24. The van der Waals surface area contributed by atoms with Gasteiger partial charge in [0.15, 0.2) is 0 Å². The van der Waals surface area contributed by atoms with Gasteiger partial charge in [0.2, 0.25) is 0 Å². The normalized spacial score (nSPS) is 17.3. The Morgan fingerprint density at radius 1 is 1.09 bits per heavy atom. The van der Waals surface area contributed by atoms with Gasteiger partial charge in [-0.25, -0.2) is 4.79 Å². The number of carbonyl (C=O) groups is 2. The lowest BCUT2D eigenvalue weighted by atomic mass is 10.1. The number of hydrogen-bond donors (Lipinski definition) is 1. The highest BCUT2D eigenvalue weighted by molar-refractivity contribution is 7.99. The van der Waals surface area contributed by atoms with Crippen LogP contribution in [0.4, 0.5) is 0 Å². The molecular weight excluding hydrogens is 334 g/mol. The molecule has 118 valence electrons. The molecule has 1 heterocycles. The van der Waals surface area contributed by atoms with Gasteiger partial charge >= 0.3 is 5.97 Å². The monoisotopic (exact) mass is 347 g/mol. The SMILES string of the molecule is O=C(O)c1ccccc1C(=O)N1CCSC1c1ccc(Cl)cc1. The van der Waals surface area contributed by atoms with Crippen LogP contribution in [0.15, 0.2) is 48.5 Å². The van der Waals surface area contributed by atoms with Gasteiger partial charge in [0.25, 0.3) is 5.91 Å². The molecule has 2 aromatic carbocycles. The minimum atomic E-state index is -1.09. The average molecular weight is 348 g/mol. The second-order valence-electron chi connectivity index (χ2n) is 5.12. The quantitative estimate of drug-likeness (QED) is 0.914. The predicted octanol–water partition coefficient (Wildman–Crippen LogP) is 3.93. The zero-order valence-electron chi connectivity index (χ0n) is 12.1. The van der Waals surface area contributed by atoms with Gasteiger partial charge in [0.05, 0.1) is 11.1 Å². The summed E-state index contributed by atoms with van der Waals surface area (Å²) in [5.41, 5.74) is 1.24. The van der Waals surface area contributed by atoms with E-state index in [1.165, 1.54) is 6.07 Å². The van der Waals surface area contributed by atoms with Crippen molar-refractivity contribution in [2.24, 2.45) is 0 Å². The molecule has 1 aliphatic heterocycles. The summed E-state index contributed by atoms with van der Waals surface area (Å²) in [6.45, 7) is 0.588. The highest BCUT2D eigenvalue weighted by atomic mass is 35.5. The highest BCUT2D eigenvalue weighted by Gasteiger charge is 2.32. The first-order chi connectivity index (χ1) is 11.1. The van der Waals surface area contributed by atoms with Gasteiger partial charge in [-0.3, -0.25) is 4.79 Å². The van der Waals surface area contributed by atoms with Gasteiger partial charge in [-0.1, -0.05) is 35.9 Å². The summed E-state index contributed by atoms with van der Waals surface area (Å²) >= 11 is 7.58. The van der Waals surface area contributed by atoms with Gasteiger partial charge in [0, 0.05) is 17.3 Å². The maximum absolute atomic E-state index is 12.8. The Kier molecular flexibility index (Phi) is 4.59. The summed E-state index contributed by atoms with van der Waals surface area (Å²) in [6.07, 6.45) is 0. The number of nitrogens with zero attached hydrogens (tertiary/aromatic N) is 1. The molecule has 0 aromatic heterocycles.